The van der Waals surface area contributed by atoms with Crippen LogP contribution in [0, 0.1) is 0 Å². The minimum Gasteiger partial charge on any atom is -0.377 e. The van der Waals surface area contributed by atoms with E-state index in [4.69, 9.17) is 4.74 Å². The first-order valence-electron chi connectivity index (χ1n) is 3.86. The Morgan fingerprint density at radius 3 is 3.00 bits per heavy atom. The molecule has 0 N–H and O–H groups in total. The van der Waals surface area contributed by atoms with Gasteiger partial charge in [0.2, 0.25) is 0 Å². The molecule has 0 saturated carbocycles. The highest BCUT2D eigenvalue weighted by Crippen LogP contribution is 2.13. The fraction of sp³-hybridized carbons (Fsp3) is 0.300. The number of ether oxygens (including phenoxy) is 1. The summed E-state index contributed by atoms with van der Waals surface area (Å²) < 4.78 is 5.08. The lowest BCUT2D eigenvalue weighted by Crippen LogP contribution is -2.10. The van der Waals surface area contributed by atoms with Gasteiger partial charge < -0.3 is 4.74 Å². The first-order chi connectivity index (χ1) is 5.77. The number of hydrogen-bond donors (Lipinski definition) is 0. The number of hydrogen-bond acceptors (Lipinski definition) is 2. The standard InChI is InChI=1S/C10H12O2/c1-3-10(11)8-4-6-9(12-2)7-5-8/h3-6,9H,1,7H2,2H3. The Balaban J connectivity index is 2.63. The van der Waals surface area contributed by atoms with E-state index in [9.17, 15) is 4.79 Å². The molecule has 0 aliphatic heterocycles. The molecule has 0 fully saturated rings. The van der Waals surface area contributed by atoms with Gasteiger partial charge in [0.05, 0.1) is 6.10 Å². The number of methoxy groups -OCH3 is 1. The Hall–Kier alpha value is -1.15. The second-order valence-electron chi connectivity index (χ2n) is 2.60. The smallest absolute Gasteiger partial charge is 0.184 e. The van der Waals surface area contributed by atoms with E-state index in [-0.39, 0.29) is 11.9 Å². The van der Waals surface area contributed by atoms with Crippen molar-refractivity contribution in [3.8, 4) is 0 Å². The predicted molar refractivity (Wildman–Crippen MR) is 47.8 cm³/mol. The molecule has 0 heterocycles. The van der Waals surface area contributed by atoms with Gasteiger partial charge in [-0.2, -0.15) is 0 Å². The van der Waals surface area contributed by atoms with Crippen molar-refractivity contribution in [1.29, 1.82) is 0 Å². The summed E-state index contributed by atoms with van der Waals surface area (Å²) in [4.78, 5) is 11.1. The lowest BCUT2D eigenvalue weighted by atomic mass is 10.0. The molecular weight excluding hydrogens is 152 g/mol. The minimum absolute atomic E-state index is 0.0270. The summed E-state index contributed by atoms with van der Waals surface area (Å²) >= 11 is 0. The van der Waals surface area contributed by atoms with Crippen LogP contribution in [0.3, 0.4) is 0 Å². The molecule has 0 amide bonds. The van der Waals surface area contributed by atoms with Gasteiger partial charge in [0, 0.05) is 12.7 Å². The molecule has 0 aromatic heterocycles. The molecule has 2 nitrogen and oxygen atoms in total. The number of allylic oxidation sites excluding steroid dienone is 3. The van der Waals surface area contributed by atoms with Gasteiger partial charge in [-0.25, -0.2) is 0 Å². The van der Waals surface area contributed by atoms with Gasteiger partial charge in [0.25, 0.3) is 0 Å². The zero-order chi connectivity index (χ0) is 8.97. The Morgan fingerprint density at radius 2 is 2.58 bits per heavy atom. The topological polar surface area (TPSA) is 26.3 Å². The van der Waals surface area contributed by atoms with Gasteiger partial charge in [-0.3, -0.25) is 4.79 Å². The minimum atomic E-state index is -0.0270. The van der Waals surface area contributed by atoms with E-state index in [2.05, 4.69) is 6.58 Å². The number of carbonyl (C=O) groups excluding carboxylic acids is 1. The van der Waals surface area contributed by atoms with Crippen LogP contribution in [0.5, 0.6) is 0 Å². The predicted octanol–water partition coefficient (Wildman–Crippen LogP) is 1.64. The summed E-state index contributed by atoms with van der Waals surface area (Å²) in [7, 11) is 1.66. The van der Waals surface area contributed by atoms with Gasteiger partial charge >= 0.3 is 0 Å². The molecule has 0 radical (unpaired) electrons. The van der Waals surface area contributed by atoms with Crippen molar-refractivity contribution < 1.29 is 9.53 Å². The molecule has 0 spiro atoms. The first-order valence-corrected chi connectivity index (χ1v) is 3.86. The lowest BCUT2D eigenvalue weighted by Gasteiger charge is -2.12. The van der Waals surface area contributed by atoms with Crippen molar-refractivity contribution in [3.63, 3.8) is 0 Å². The molecule has 0 saturated heterocycles. The normalized spacial score (nSPS) is 21.8. The van der Waals surface area contributed by atoms with Crippen LogP contribution < -0.4 is 0 Å². The SMILES string of the molecule is C=CC(=O)C1=CCC(OC)C=C1. The molecule has 2 heteroatoms. The highest BCUT2D eigenvalue weighted by atomic mass is 16.5. The van der Waals surface area contributed by atoms with E-state index in [0.29, 0.717) is 5.57 Å². The number of rotatable bonds is 3. The van der Waals surface area contributed by atoms with Crippen molar-refractivity contribution in [2.45, 2.75) is 12.5 Å². The van der Waals surface area contributed by atoms with E-state index in [1.54, 1.807) is 13.2 Å². The van der Waals surface area contributed by atoms with Crippen molar-refractivity contribution in [2.24, 2.45) is 0 Å². The summed E-state index contributed by atoms with van der Waals surface area (Å²) in [5, 5.41) is 0. The molecule has 0 bridgehead atoms. The molecule has 64 valence electrons. The molecule has 1 aliphatic carbocycles. The summed E-state index contributed by atoms with van der Waals surface area (Å²) in [5.74, 6) is -0.0270. The highest BCUT2D eigenvalue weighted by Gasteiger charge is 2.09. The fourth-order valence-electron chi connectivity index (χ4n) is 1.08. The average Bonchev–Trinajstić information content (AvgIpc) is 2.17. The van der Waals surface area contributed by atoms with Crippen LogP contribution >= 0.6 is 0 Å². The summed E-state index contributed by atoms with van der Waals surface area (Å²) in [5.41, 5.74) is 0.707. The van der Waals surface area contributed by atoms with Crippen LogP contribution in [-0.4, -0.2) is 19.0 Å². The van der Waals surface area contributed by atoms with Crippen molar-refractivity contribution in [2.75, 3.05) is 7.11 Å². The Kier molecular flexibility index (Phi) is 3.00. The Labute approximate surface area is 72.2 Å². The Morgan fingerprint density at radius 1 is 1.83 bits per heavy atom. The van der Waals surface area contributed by atoms with E-state index in [1.807, 2.05) is 12.2 Å². The lowest BCUT2D eigenvalue weighted by molar-refractivity contribution is -0.111. The van der Waals surface area contributed by atoms with Crippen LogP contribution in [0.4, 0.5) is 0 Å². The van der Waals surface area contributed by atoms with E-state index < -0.39 is 0 Å². The summed E-state index contributed by atoms with van der Waals surface area (Å²) in [6.07, 6.45) is 7.74. The third-order valence-electron chi connectivity index (χ3n) is 1.83. The monoisotopic (exact) mass is 164 g/mol. The van der Waals surface area contributed by atoms with E-state index in [1.165, 1.54) is 6.08 Å². The Bertz CT molecular complexity index is 249. The van der Waals surface area contributed by atoms with Gasteiger partial charge in [-0.15, -0.1) is 0 Å². The maximum Gasteiger partial charge on any atom is 0.184 e. The van der Waals surface area contributed by atoms with Crippen molar-refractivity contribution in [1.82, 2.24) is 0 Å². The van der Waals surface area contributed by atoms with Gasteiger partial charge in [0.1, 0.15) is 0 Å². The second kappa shape index (κ2) is 4.02. The average molecular weight is 164 g/mol. The molecule has 1 aliphatic rings. The molecule has 1 atom stereocenters. The van der Waals surface area contributed by atoms with Crippen molar-refractivity contribution in [3.05, 3.63) is 36.5 Å². The molecule has 1 rings (SSSR count). The zero-order valence-corrected chi connectivity index (χ0v) is 7.12. The van der Waals surface area contributed by atoms with E-state index >= 15 is 0 Å². The number of carbonyl (C=O) groups is 1. The maximum absolute atomic E-state index is 11.1. The highest BCUT2D eigenvalue weighted by molar-refractivity contribution is 6.05. The molecule has 0 aromatic carbocycles. The van der Waals surface area contributed by atoms with Crippen LogP contribution in [0.25, 0.3) is 0 Å². The first kappa shape index (κ1) is 8.94. The molecular formula is C10H12O2. The maximum atomic E-state index is 11.1. The van der Waals surface area contributed by atoms with Crippen LogP contribution in [-0.2, 0) is 9.53 Å². The molecule has 1 unspecified atom stereocenters. The zero-order valence-electron chi connectivity index (χ0n) is 7.12. The summed E-state index contributed by atoms with van der Waals surface area (Å²) in [6, 6.07) is 0. The number of ketones is 1. The van der Waals surface area contributed by atoms with Gasteiger partial charge in [-0.1, -0.05) is 24.8 Å². The van der Waals surface area contributed by atoms with Crippen LogP contribution in [0.2, 0.25) is 0 Å². The largest absolute Gasteiger partial charge is 0.377 e. The third-order valence-corrected chi connectivity index (χ3v) is 1.83. The summed E-state index contributed by atoms with van der Waals surface area (Å²) in [6.45, 7) is 3.42. The van der Waals surface area contributed by atoms with Gasteiger partial charge in [0.15, 0.2) is 5.78 Å². The van der Waals surface area contributed by atoms with E-state index in [0.717, 1.165) is 6.42 Å². The quantitative estimate of drug-likeness (QED) is 0.593. The van der Waals surface area contributed by atoms with Crippen LogP contribution in [0.1, 0.15) is 6.42 Å². The fourth-order valence-corrected chi connectivity index (χ4v) is 1.08. The molecule has 12 heavy (non-hydrogen) atoms. The van der Waals surface area contributed by atoms with Gasteiger partial charge in [-0.05, 0) is 12.5 Å². The van der Waals surface area contributed by atoms with Crippen LogP contribution in [0.15, 0.2) is 36.5 Å². The molecule has 0 aromatic rings. The third kappa shape index (κ3) is 1.92. The van der Waals surface area contributed by atoms with Crippen molar-refractivity contribution >= 4 is 5.78 Å². The second-order valence-corrected chi connectivity index (χ2v) is 2.60.